The van der Waals surface area contributed by atoms with Crippen LogP contribution in [0.5, 0.6) is 5.88 Å². The summed E-state index contributed by atoms with van der Waals surface area (Å²) >= 11 is 0. The fourth-order valence-electron chi connectivity index (χ4n) is 3.24. The maximum absolute atomic E-state index is 12.5. The predicted molar refractivity (Wildman–Crippen MR) is 92.9 cm³/mol. The highest BCUT2D eigenvalue weighted by Gasteiger charge is 2.30. The van der Waals surface area contributed by atoms with E-state index in [0.717, 1.165) is 37.8 Å². The number of rotatable bonds is 5. The first kappa shape index (κ1) is 19.2. The first-order chi connectivity index (χ1) is 12.8. The van der Waals surface area contributed by atoms with Gasteiger partial charge < -0.3 is 10.1 Å². The van der Waals surface area contributed by atoms with Gasteiger partial charge in [0.1, 0.15) is 0 Å². The number of aryl methyl sites for hydroxylation is 1. The summed E-state index contributed by atoms with van der Waals surface area (Å²) in [5.74, 6) is -0.369. The number of halogens is 3. The predicted octanol–water partition coefficient (Wildman–Crippen LogP) is 4.35. The molecule has 2 aromatic heterocycles. The molecule has 27 heavy (non-hydrogen) atoms. The number of hydrogen-bond donors (Lipinski definition) is 2. The second kappa shape index (κ2) is 7.98. The average Bonchev–Trinajstić information content (AvgIpc) is 3.07. The number of anilines is 1. The molecule has 1 aliphatic carbocycles. The zero-order valence-corrected chi connectivity index (χ0v) is 14.9. The lowest BCUT2D eigenvalue weighted by molar-refractivity contribution is -0.154. The molecule has 146 valence electrons. The highest BCUT2D eigenvalue weighted by atomic mass is 19.4. The smallest absolute Gasteiger partial charge is 0.422 e. The first-order valence-electron chi connectivity index (χ1n) is 8.84. The van der Waals surface area contributed by atoms with Crippen LogP contribution in [-0.2, 0) is 0 Å². The van der Waals surface area contributed by atoms with Gasteiger partial charge in [0, 0.05) is 11.3 Å². The summed E-state index contributed by atoms with van der Waals surface area (Å²) in [5.41, 5.74) is 1.98. The largest absolute Gasteiger partial charge is 0.468 e. The van der Waals surface area contributed by atoms with Crippen LogP contribution in [0.15, 0.2) is 18.3 Å². The molecular formula is C18H21F3N4O2. The van der Waals surface area contributed by atoms with E-state index in [2.05, 4.69) is 20.5 Å². The molecule has 6 nitrogen and oxygen atoms in total. The number of amides is 1. The fourth-order valence-corrected chi connectivity index (χ4v) is 3.24. The van der Waals surface area contributed by atoms with Gasteiger partial charge in [0.15, 0.2) is 12.3 Å². The molecule has 3 rings (SSSR count). The second-order valence-corrected chi connectivity index (χ2v) is 6.75. The van der Waals surface area contributed by atoms with Gasteiger partial charge >= 0.3 is 6.18 Å². The summed E-state index contributed by atoms with van der Waals surface area (Å²) in [6.07, 6.45) is 1.71. The molecule has 9 heteroatoms. The third-order valence-electron chi connectivity index (χ3n) is 4.49. The standard InChI is InChI=1S/C18H21F3N4O2/c1-11-7-15(25-24-11)16(26)23-13-8-14(12-5-3-2-4-6-12)17(22-9-13)27-10-18(19,20)21/h7-9,12H,2-6,10H2,1H3,(H,23,26)(H,24,25). The third-order valence-corrected chi connectivity index (χ3v) is 4.49. The fraction of sp³-hybridized carbons (Fsp3) is 0.500. The topological polar surface area (TPSA) is 79.9 Å². The van der Waals surface area contributed by atoms with E-state index in [-0.39, 0.29) is 17.5 Å². The average molecular weight is 382 g/mol. The van der Waals surface area contributed by atoms with Gasteiger partial charge in [-0.3, -0.25) is 9.89 Å². The Bertz CT molecular complexity index is 798. The molecule has 0 unspecified atom stereocenters. The summed E-state index contributed by atoms with van der Waals surface area (Å²) in [4.78, 5) is 16.3. The van der Waals surface area contributed by atoms with Crippen molar-refractivity contribution in [2.75, 3.05) is 11.9 Å². The van der Waals surface area contributed by atoms with Gasteiger partial charge in [0.2, 0.25) is 5.88 Å². The maximum Gasteiger partial charge on any atom is 0.422 e. The minimum Gasteiger partial charge on any atom is -0.468 e. The van der Waals surface area contributed by atoms with Crippen LogP contribution in [0.2, 0.25) is 0 Å². The number of H-pyrrole nitrogens is 1. The quantitative estimate of drug-likeness (QED) is 0.806. The van der Waals surface area contributed by atoms with Gasteiger partial charge in [-0.1, -0.05) is 19.3 Å². The van der Waals surface area contributed by atoms with E-state index in [1.807, 2.05) is 0 Å². The minimum atomic E-state index is -4.43. The van der Waals surface area contributed by atoms with E-state index in [1.165, 1.54) is 6.20 Å². The van der Waals surface area contributed by atoms with Crippen molar-refractivity contribution in [2.24, 2.45) is 0 Å². The number of aromatic nitrogens is 3. The summed E-state index contributed by atoms with van der Waals surface area (Å²) in [6, 6.07) is 3.26. The number of aromatic amines is 1. The van der Waals surface area contributed by atoms with Gasteiger partial charge in [-0.05, 0) is 37.8 Å². The van der Waals surface area contributed by atoms with Crippen LogP contribution < -0.4 is 10.1 Å². The van der Waals surface area contributed by atoms with Crippen molar-refractivity contribution in [1.29, 1.82) is 0 Å². The van der Waals surface area contributed by atoms with E-state index in [4.69, 9.17) is 4.74 Å². The molecule has 2 N–H and O–H groups in total. The molecular weight excluding hydrogens is 361 g/mol. The van der Waals surface area contributed by atoms with Gasteiger partial charge in [0.25, 0.3) is 5.91 Å². The van der Waals surface area contributed by atoms with Gasteiger partial charge in [-0.15, -0.1) is 0 Å². The number of nitrogens with one attached hydrogen (secondary N) is 2. The Morgan fingerprint density at radius 3 is 2.67 bits per heavy atom. The molecule has 2 heterocycles. The lowest BCUT2D eigenvalue weighted by Crippen LogP contribution is -2.21. The third kappa shape index (κ3) is 5.21. The van der Waals surface area contributed by atoms with Crippen molar-refractivity contribution >= 4 is 11.6 Å². The molecule has 1 saturated carbocycles. The van der Waals surface area contributed by atoms with Crippen molar-refractivity contribution in [3.63, 3.8) is 0 Å². The Balaban J connectivity index is 1.81. The second-order valence-electron chi connectivity index (χ2n) is 6.75. The number of ether oxygens (including phenoxy) is 1. The molecule has 0 aromatic carbocycles. The Morgan fingerprint density at radius 1 is 1.30 bits per heavy atom. The van der Waals surface area contributed by atoms with Crippen molar-refractivity contribution in [3.8, 4) is 5.88 Å². The van der Waals surface area contributed by atoms with Crippen LogP contribution in [0, 0.1) is 6.92 Å². The van der Waals surface area contributed by atoms with Crippen molar-refractivity contribution in [2.45, 2.75) is 51.1 Å². The van der Waals surface area contributed by atoms with Crippen LogP contribution >= 0.6 is 0 Å². The Hall–Kier alpha value is -2.58. The first-order valence-corrected chi connectivity index (χ1v) is 8.84. The zero-order valence-electron chi connectivity index (χ0n) is 14.9. The Kier molecular flexibility index (Phi) is 5.67. The van der Waals surface area contributed by atoms with E-state index in [0.29, 0.717) is 11.3 Å². The number of nitrogens with zero attached hydrogens (tertiary/aromatic N) is 2. The lowest BCUT2D eigenvalue weighted by atomic mass is 9.84. The molecule has 0 spiro atoms. The molecule has 0 radical (unpaired) electrons. The molecule has 1 amide bonds. The molecule has 2 aromatic rings. The molecule has 0 atom stereocenters. The van der Waals surface area contributed by atoms with E-state index < -0.39 is 18.7 Å². The zero-order chi connectivity index (χ0) is 19.4. The number of alkyl halides is 3. The van der Waals surface area contributed by atoms with Crippen molar-refractivity contribution < 1.29 is 22.7 Å². The molecule has 0 saturated heterocycles. The number of carbonyl (C=O) groups excluding carboxylic acids is 1. The molecule has 1 aliphatic rings. The summed E-state index contributed by atoms with van der Waals surface area (Å²) in [5, 5.41) is 9.27. The normalized spacial score (nSPS) is 15.6. The summed E-state index contributed by atoms with van der Waals surface area (Å²) in [6.45, 7) is 0.386. The van der Waals surface area contributed by atoms with E-state index in [9.17, 15) is 18.0 Å². The Morgan fingerprint density at radius 2 is 2.04 bits per heavy atom. The molecule has 0 bridgehead atoms. The highest BCUT2D eigenvalue weighted by Crippen LogP contribution is 2.38. The van der Waals surface area contributed by atoms with E-state index in [1.54, 1.807) is 19.1 Å². The maximum atomic E-state index is 12.5. The SMILES string of the molecule is Cc1cc(C(=O)Nc2cnc(OCC(F)(F)F)c(C3CCCCC3)c2)n[nH]1. The lowest BCUT2D eigenvalue weighted by Gasteiger charge is -2.24. The number of hydrogen-bond acceptors (Lipinski definition) is 4. The minimum absolute atomic E-state index is 0.0205. The van der Waals surface area contributed by atoms with E-state index >= 15 is 0 Å². The van der Waals surface area contributed by atoms with Gasteiger partial charge in [0.05, 0.1) is 11.9 Å². The van der Waals surface area contributed by atoms with Crippen LogP contribution in [0.4, 0.5) is 18.9 Å². The number of carbonyl (C=O) groups is 1. The van der Waals surface area contributed by atoms with Crippen LogP contribution in [0.3, 0.4) is 0 Å². The highest BCUT2D eigenvalue weighted by molar-refractivity contribution is 6.02. The Labute approximate surface area is 154 Å². The summed E-state index contributed by atoms with van der Waals surface area (Å²) < 4.78 is 42.5. The van der Waals surface area contributed by atoms with Gasteiger partial charge in [-0.2, -0.15) is 18.3 Å². The van der Waals surface area contributed by atoms with Gasteiger partial charge in [-0.25, -0.2) is 4.98 Å². The summed E-state index contributed by atoms with van der Waals surface area (Å²) in [7, 11) is 0. The van der Waals surface area contributed by atoms with Crippen LogP contribution in [0.1, 0.15) is 59.8 Å². The van der Waals surface area contributed by atoms with Crippen LogP contribution in [0.25, 0.3) is 0 Å². The van der Waals surface area contributed by atoms with Crippen molar-refractivity contribution in [3.05, 3.63) is 35.3 Å². The van der Waals surface area contributed by atoms with Crippen LogP contribution in [-0.4, -0.2) is 33.9 Å². The van der Waals surface area contributed by atoms with Crippen molar-refractivity contribution in [1.82, 2.24) is 15.2 Å². The number of pyridine rings is 1. The monoisotopic (exact) mass is 382 g/mol. The molecule has 0 aliphatic heterocycles. The molecule has 1 fully saturated rings.